The maximum absolute atomic E-state index is 14.1. The molecule has 1 aromatic heterocycles. The largest absolute Gasteiger partial charge is 0.497 e. The van der Waals surface area contributed by atoms with E-state index in [9.17, 15) is 13.0 Å². The second-order valence-electron chi connectivity index (χ2n) is 4.91. The van der Waals surface area contributed by atoms with Crippen LogP contribution < -0.4 is 14.2 Å². The molecule has 1 heterocycles. The van der Waals surface area contributed by atoms with Crippen LogP contribution in [0.25, 0.3) is 10.9 Å². The Labute approximate surface area is 143 Å². The van der Waals surface area contributed by atoms with E-state index in [-0.39, 0.29) is 11.5 Å². The number of rotatable bonds is 5. The first-order chi connectivity index (χ1) is 12.0. The molecule has 2 N–H and O–H groups in total. The number of nitrogens with one attached hydrogen (secondary N) is 1. The summed E-state index contributed by atoms with van der Waals surface area (Å²) in [6, 6.07) is 8.11. The molecule has 6 nitrogen and oxygen atoms in total. The number of aromatic nitrogens is 1. The predicted molar refractivity (Wildman–Crippen MR) is 89.1 cm³/mol. The zero-order valence-corrected chi connectivity index (χ0v) is 13.6. The quantitative estimate of drug-likeness (QED) is 0.670. The summed E-state index contributed by atoms with van der Waals surface area (Å²) in [5, 5.41) is 0.585. The SMILES string of the molecule is COc1ccc2c(Oc3cc(F)c(NS(=O)O)cc3F)ccnc2c1. The standard InChI is InChI=1S/C16H12F2N2O4S/c1-23-9-2-3-10-13(6-9)19-5-4-15(10)24-16-8-11(17)14(7-12(16)18)20-25(21)22/h2-8,20H,1H3,(H,21,22). The minimum Gasteiger partial charge on any atom is -0.497 e. The minimum absolute atomic E-state index is 0.275. The van der Waals surface area contributed by atoms with Crippen molar-refractivity contribution in [1.29, 1.82) is 0 Å². The fourth-order valence-electron chi connectivity index (χ4n) is 2.22. The topological polar surface area (TPSA) is 80.7 Å². The Bertz CT molecular complexity index is 968. The molecule has 0 saturated heterocycles. The molecule has 0 radical (unpaired) electrons. The number of pyridine rings is 1. The van der Waals surface area contributed by atoms with E-state index in [1.54, 1.807) is 18.2 Å². The van der Waals surface area contributed by atoms with Crippen molar-refractivity contribution in [2.75, 3.05) is 11.8 Å². The molecule has 1 atom stereocenters. The van der Waals surface area contributed by atoms with E-state index in [0.717, 1.165) is 12.1 Å². The van der Waals surface area contributed by atoms with Gasteiger partial charge in [-0.2, -0.15) is 0 Å². The molecule has 3 aromatic rings. The molecule has 3 rings (SSSR count). The van der Waals surface area contributed by atoms with Crippen molar-refractivity contribution >= 4 is 27.9 Å². The van der Waals surface area contributed by atoms with E-state index >= 15 is 0 Å². The monoisotopic (exact) mass is 366 g/mol. The van der Waals surface area contributed by atoms with Crippen molar-refractivity contribution in [3.05, 3.63) is 54.2 Å². The average Bonchev–Trinajstić information content (AvgIpc) is 2.58. The van der Waals surface area contributed by atoms with Crippen LogP contribution in [0.1, 0.15) is 0 Å². The molecule has 9 heteroatoms. The van der Waals surface area contributed by atoms with Gasteiger partial charge in [-0.05, 0) is 18.2 Å². The molecule has 130 valence electrons. The summed E-state index contributed by atoms with van der Waals surface area (Å²) >= 11 is -2.52. The second-order valence-corrected chi connectivity index (χ2v) is 5.61. The summed E-state index contributed by atoms with van der Waals surface area (Å²) in [6.45, 7) is 0. The van der Waals surface area contributed by atoms with Gasteiger partial charge in [0, 0.05) is 29.8 Å². The highest BCUT2D eigenvalue weighted by Crippen LogP contribution is 2.33. The van der Waals surface area contributed by atoms with Crippen LogP contribution in [0.3, 0.4) is 0 Å². The Hall–Kier alpha value is -2.78. The van der Waals surface area contributed by atoms with Crippen molar-refractivity contribution < 1.29 is 27.0 Å². The summed E-state index contributed by atoms with van der Waals surface area (Å²) < 4.78 is 59.9. The highest BCUT2D eigenvalue weighted by molar-refractivity contribution is 7.80. The molecular formula is C16H12F2N2O4S. The van der Waals surface area contributed by atoms with Gasteiger partial charge in [0.15, 0.2) is 17.4 Å². The Morgan fingerprint density at radius 3 is 2.64 bits per heavy atom. The number of anilines is 1. The fourth-order valence-corrected chi connectivity index (χ4v) is 2.56. The molecule has 0 aliphatic carbocycles. The number of ether oxygens (including phenoxy) is 2. The van der Waals surface area contributed by atoms with Crippen LogP contribution in [0, 0.1) is 11.6 Å². The zero-order chi connectivity index (χ0) is 18.0. The van der Waals surface area contributed by atoms with E-state index in [4.69, 9.17) is 14.0 Å². The van der Waals surface area contributed by atoms with E-state index < -0.39 is 28.6 Å². The molecule has 0 bridgehead atoms. The van der Waals surface area contributed by atoms with E-state index in [2.05, 4.69) is 4.98 Å². The van der Waals surface area contributed by atoms with Gasteiger partial charge in [0.25, 0.3) is 11.3 Å². The maximum Gasteiger partial charge on any atom is 0.259 e. The van der Waals surface area contributed by atoms with Gasteiger partial charge in [-0.25, -0.2) is 13.0 Å². The lowest BCUT2D eigenvalue weighted by atomic mass is 10.2. The number of halogens is 2. The van der Waals surface area contributed by atoms with Gasteiger partial charge in [-0.15, -0.1) is 0 Å². The van der Waals surface area contributed by atoms with Crippen LogP contribution in [0.5, 0.6) is 17.2 Å². The van der Waals surface area contributed by atoms with Gasteiger partial charge < -0.3 is 9.47 Å². The molecule has 0 saturated carbocycles. The minimum atomic E-state index is -2.52. The van der Waals surface area contributed by atoms with Crippen LogP contribution in [-0.2, 0) is 11.3 Å². The molecule has 2 aromatic carbocycles. The van der Waals surface area contributed by atoms with Gasteiger partial charge in [0.2, 0.25) is 0 Å². The summed E-state index contributed by atoms with van der Waals surface area (Å²) in [6.07, 6.45) is 1.47. The molecule has 1 unspecified atom stereocenters. The van der Waals surface area contributed by atoms with Crippen molar-refractivity contribution in [3.8, 4) is 17.2 Å². The number of benzene rings is 2. The van der Waals surface area contributed by atoms with E-state index in [1.165, 1.54) is 19.4 Å². The fraction of sp³-hybridized carbons (Fsp3) is 0.0625. The molecular weight excluding hydrogens is 354 g/mol. The highest BCUT2D eigenvalue weighted by Gasteiger charge is 2.14. The van der Waals surface area contributed by atoms with E-state index in [0.29, 0.717) is 16.7 Å². The van der Waals surface area contributed by atoms with Gasteiger partial charge >= 0.3 is 0 Å². The van der Waals surface area contributed by atoms with Crippen molar-refractivity contribution in [2.45, 2.75) is 0 Å². The van der Waals surface area contributed by atoms with Crippen molar-refractivity contribution in [2.24, 2.45) is 0 Å². The Kier molecular flexibility index (Phi) is 4.77. The number of fused-ring (bicyclic) bond motifs is 1. The summed E-state index contributed by atoms with van der Waals surface area (Å²) in [5.41, 5.74) is 0.113. The average molecular weight is 366 g/mol. The first-order valence-corrected chi connectivity index (χ1v) is 8.06. The van der Waals surface area contributed by atoms with Crippen LogP contribution in [0.4, 0.5) is 14.5 Å². The molecule has 25 heavy (non-hydrogen) atoms. The molecule has 0 amide bonds. The first-order valence-electron chi connectivity index (χ1n) is 6.95. The van der Waals surface area contributed by atoms with Gasteiger partial charge in [0.1, 0.15) is 11.5 Å². The van der Waals surface area contributed by atoms with Crippen molar-refractivity contribution in [3.63, 3.8) is 0 Å². The molecule has 0 fully saturated rings. The Morgan fingerprint density at radius 1 is 1.12 bits per heavy atom. The lowest BCUT2D eigenvalue weighted by Crippen LogP contribution is -2.05. The lowest BCUT2D eigenvalue weighted by molar-refractivity contribution is 0.415. The third-order valence-corrected chi connectivity index (χ3v) is 3.74. The molecule has 0 aliphatic rings. The summed E-state index contributed by atoms with van der Waals surface area (Å²) in [5.74, 6) is -1.32. The van der Waals surface area contributed by atoms with Crippen LogP contribution in [0.15, 0.2) is 42.6 Å². The Morgan fingerprint density at radius 2 is 1.92 bits per heavy atom. The predicted octanol–water partition coefficient (Wildman–Crippen LogP) is 3.86. The summed E-state index contributed by atoms with van der Waals surface area (Å²) in [4.78, 5) is 4.18. The molecule has 0 aliphatic heterocycles. The molecule has 0 spiro atoms. The van der Waals surface area contributed by atoms with Gasteiger partial charge in [0.05, 0.1) is 18.3 Å². The normalized spacial score (nSPS) is 12.0. The highest BCUT2D eigenvalue weighted by atomic mass is 32.2. The third-order valence-electron chi connectivity index (χ3n) is 3.35. The van der Waals surface area contributed by atoms with Gasteiger partial charge in [-0.3, -0.25) is 14.3 Å². The van der Waals surface area contributed by atoms with Crippen molar-refractivity contribution in [1.82, 2.24) is 4.98 Å². The van der Waals surface area contributed by atoms with Crippen LogP contribution >= 0.6 is 0 Å². The van der Waals surface area contributed by atoms with Crippen LogP contribution in [-0.4, -0.2) is 20.9 Å². The van der Waals surface area contributed by atoms with E-state index in [1.807, 2.05) is 4.72 Å². The smallest absolute Gasteiger partial charge is 0.259 e. The second kappa shape index (κ2) is 6.99. The number of methoxy groups -OCH3 is 1. The number of hydrogen-bond donors (Lipinski definition) is 2. The number of nitrogens with zero attached hydrogens (tertiary/aromatic N) is 1. The Balaban J connectivity index is 1.99. The summed E-state index contributed by atoms with van der Waals surface area (Å²) in [7, 11) is 1.52. The van der Waals surface area contributed by atoms with Gasteiger partial charge in [-0.1, -0.05) is 0 Å². The number of hydrogen-bond acceptors (Lipinski definition) is 4. The first kappa shape index (κ1) is 17.1. The lowest BCUT2D eigenvalue weighted by Gasteiger charge is -2.11. The zero-order valence-electron chi connectivity index (χ0n) is 12.8. The third kappa shape index (κ3) is 3.67. The van der Waals surface area contributed by atoms with Crippen LogP contribution in [0.2, 0.25) is 0 Å². The maximum atomic E-state index is 14.1.